The number of aliphatic hydroxyl groups is 1. The first-order valence-electron chi connectivity index (χ1n) is 7.45. The van der Waals surface area contributed by atoms with Gasteiger partial charge in [0.15, 0.2) is 0 Å². The summed E-state index contributed by atoms with van der Waals surface area (Å²) < 4.78 is 31.6. The largest absolute Gasteiger partial charge is 0.388 e. The van der Waals surface area contributed by atoms with Crippen LogP contribution in [0.4, 0.5) is 8.78 Å². The molecule has 0 saturated carbocycles. The molecule has 1 aliphatic rings. The Kier molecular flexibility index (Phi) is 6.08. The van der Waals surface area contributed by atoms with E-state index in [9.17, 15) is 13.9 Å². The normalized spacial score (nSPS) is 18.1. The Morgan fingerprint density at radius 3 is 2.48 bits per heavy atom. The van der Waals surface area contributed by atoms with Gasteiger partial charge in [0.05, 0.1) is 6.10 Å². The van der Waals surface area contributed by atoms with Crippen molar-refractivity contribution in [2.75, 3.05) is 33.4 Å². The van der Waals surface area contributed by atoms with Crippen molar-refractivity contribution in [3.63, 3.8) is 0 Å². The van der Waals surface area contributed by atoms with Crippen molar-refractivity contribution < 1.29 is 18.6 Å². The molecule has 0 bridgehead atoms. The van der Waals surface area contributed by atoms with Gasteiger partial charge in [-0.2, -0.15) is 0 Å². The summed E-state index contributed by atoms with van der Waals surface area (Å²) >= 11 is 0. The number of ether oxygens (including phenoxy) is 1. The molecule has 118 valence electrons. The molecule has 1 heterocycles. The van der Waals surface area contributed by atoms with Gasteiger partial charge in [-0.1, -0.05) is 0 Å². The van der Waals surface area contributed by atoms with Crippen molar-refractivity contribution in [1.82, 2.24) is 4.90 Å². The standard InChI is InChI=1S/C16H23F2NO2/c1-19(11-12-3-6-21-7-4-12)5-2-16(20)13-8-14(17)10-15(18)9-13/h8-10,12,16,20H,2-7,11H2,1H3. The maximum atomic E-state index is 13.1. The van der Waals surface area contributed by atoms with Crippen LogP contribution in [-0.4, -0.2) is 43.4 Å². The Labute approximate surface area is 124 Å². The Morgan fingerprint density at radius 2 is 1.86 bits per heavy atom. The van der Waals surface area contributed by atoms with E-state index in [1.807, 2.05) is 7.05 Å². The topological polar surface area (TPSA) is 32.7 Å². The molecule has 0 aliphatic carbocycles. The van der Waals surface area contributed by atoms with Gasteiger partial charge in [0, 0.05) is 32.4 Å². The summed E-state index contributed by atoms with van der Waals surface area (Å²) in [5.74, 6) is -0.674. The van der Waals surface area contributed by atoms with Crippen LogP contribution in [0.3, 0.4) is 0 Å². The third kappa shape index (κ3) is 5.34. The average Bonchev–Trinajstić information content (AvgIpc) is 2.45. The second-order valence-corrected chi connectivity index (χ2v) is 5.83. The van der Waals surface area contributed by atoms with E-state index >= 15 is 0 Å². The molecule has 1 atom stereocenters. The molecule has 1 N–H and O–H groups in total. The minimum Gasteiger partial charge on any atom is -0.388 e. The summed E-state index contributed by atoms with van der Waals surface area (Å²) in [7, 11) is 2.01. The number of halogens is 2. The summed E-state index contributed by atoms with van der Waals surface area (Å²) in [4.78, 5) is 2.16. The van der Waals surface area contributed by atoms with Crippen LogP contribution in [0, 0.1) is 17.6 Å². The lowest BCUT2D eigenvalue weighted by atomic mass is 9.99. The van der Waals surface area contributed by atoms with Crippen LogP contribution in [0.15, 0.2) is 18.2 Å². The quantitative estimate of drug-likeness (QED) is 0.877. The van der Waals surface area contributed by atoms with Crippen molar-refractivity contribution in [2.45, 2.75) is 25.4 Å². The Morgan fingerprint density at radius 1 is 1.24 bits per heavy atom. The highest BCUT2D eigenvalue weighted by Gasteiger charge is 2.17. The molecule has 1 fully saturated rings. The predicted molar refractivity (Wildman–Crippen MR) is 77.0 cm³/mol. The van der Waals surface area contributed by atoms with Gasteiger partial charge in [-0.15, -0.1) is 0 Å². The molecule has 5 heteroatoms. The van der Waals surface area contributed by atoms with E-state index in [4.69, 9.17) is 4.74 Å². The Bertz CT molecular complexity index is 430. The highest BCUT2D eigenvalue weighted by atomic mass is 19.1. The SMILES string of the molecule is CN(CCC(O)c1cc(F)cc(F)c1)CC1CCOCC1. The third-order valence-corrected chi connectivity index (χ3v) is 3.96. The molecular weight excluding hydrogens is 276 g/mol. The number of nitrogens with zero attached hydrogens (tertiary/aromatic N) is 1. The van der Waals surface area contributed by atoms with Gasteiger partial charge < -0.3 is 14.7 Å². The number of hydrogen-bond donors (Lipinski definition) is 1. The van der Waals surface area contributed by atoms with Crippen molar-refractivity contribution in [2.24, 2.45) is 5.92 Å². The van der Waals surface area contributed by atoms with E-state index in [2.05, 4.69) is 4.90 Å². The fraction of sp³-hybridized carbons (Fsp3) is 0.625. The Hall–Kier alpha value is -1.04. The Balaban J connectivity index is 1.78. The van der Waals surface area contributed by atoms with E-state index in [1.54, 1.807) is 0 Å². The van der Waals surface area contributed by atoms with E-state index in [0.717, 1.165) is 38.7 Å². The molecule has 0 spiro atoms. The molecule has 0 amide bonds. The van der Waals surface area contributed by atoms with Gasteiger partial charge in [-0.3, -0.25) is 0 Å². The van der Waals surface area contributed by atoms with Gasteiger partial charge >= 0.3 is 0 Å². The van der Waals surface area contributed by atoms with Gasteiger partial charge in [0.2, 0.25) is 0 Å². The zero-order valence-electron chi connectivity index (χ0n) is 12.4. The van der Waals surface area contributed by atoms with Crippen LogP contribution in [0.25, 0.3) is 0 Å². The lowest BCUT2D eigenvalue weighted by Crippen LogP contribution is -2.30. The van der Waals surface area contributed by atoms with E-state index in [1.165, 1.54) is 12.1 Å². The molecule has 2 rings (SSSR count). The van der Waals surface area contributed by atoms with Crippen molar-refractivity contribution >= 4 is 0 Å². The van der Waals surface area contributed by atoms with Gasteiger partial charge in [-0.05, 0) is 49.9 Å². The zero-order chi connectivity index (χ0) is 15.2. The molecule has 0 aromatic heterocycles. The summed E-state index contributed by atoms with van der Waals surface area (Å²) in [6.07, 6.45) is 1.76. The molecule has 0 radical (unpaired) electrons. The molecule has 1 aliphatic heterocycles. The summed E-state index contributed by atoms with van der Waals surface area (Å²) in [5, 5.41) is 10.0. The van der Waals surface area contributed by atoms with Gasteiger partial charge in [-0.25, -0.2) is 8.78 Å². The minimum absolute atomic E-state index is 0.298. The molecule has 1 aromatic carbocycles. The zero-order valence-corrected chi connectivity index (χ0v) is 12.4. The van der Waals surface area contributed by atoms with E-state index < -0.39 is 17.7 Å². The number of benzene rings is 1. The maximum absolute atomic E-state index is 13.1. The van der Waals surface area contributed by atoms with Crippen LogP contribution < -0.4 is 0 Å². The first-order chi connectivity index (χ1) is 10.0. The number of hydrogen-bond acceptors (Lipinski definition) is 3. The van der Waals surface area contributed by atoms with E-state index in [-0.39, 0.29) is 0 Å². The van der Waals surface area contributed by atoms with E-state index in [0.29, 0.717) is 24.4 Å². The summed E-state index contributed by atoms with van der Waals surface area (Å²) in [6.45, 7) is 3.30. The van der Waals surface area contributed by atoms with Crippen LogP contribution >= 0.6 is 0 Å². The predicted octanol–water partition coefficient (Wildman–Crippen LogP) is 2.75. The third-order valence-electron chi connectivity index (χ3n) is 3.96. The molecular formula is C16H23F2NO2. The van der Waals surface area contributed by atoms with Crippen molar-refractivity contribution in [3.05, 3.63) is 35.4 Å². The van der Waals surface area contributed by atoms with Crippen LogP contribution in [-0.2, 0) is 4.74 Å². The number of rotatable bonds is 6. The first-order valence-corrected chi connectivity index (χ1v) is 7.45. The molecule has 1 unspecified atom stereocenters. The fourth-order valence-corrected chi connectivity index (χ4v) is 2.74. The van der Waals surface area contributed by atoms with Crippen LogP contribution in [0.5, 0.6) is 0 Å². The van der Waals surface area contributed by atoms with Crippen LogP contribution in [0.2, 0.25) is 0 Å². The second kappa shape index (κ2) is 7.82. The molecule has 3 nitrogen and oxygen atoms in total. The summed E-state index contributed by atoms with van der Waals surface area (Å²) in [6, 6.07) is 3.19. The van der Waals surface area contributed by atoms with Gasteiger partial charge in [0.25, 0.3) is 0 Å². The van der Waals surface area contributed by atoms with Crippen molar-refractivity contribution in [3.8, 4) is 0 Å². The molecule has 1 aromatic rings. The first kappa shape index (κ1) is 16.3. The molecule has 1 saturated heterocycles. The summed E-state index contributed by atoms with van der Waals surface area (Å²) in [5.41, 5.74) is 0.298. The van der Waals surface area contributed by atoms with Gasteiger partial charge in [0.1, 0.15) is 11.6 Å². The average molecular weight is 299 g/mol. The maximum Gasteiger partial charge on any atom is 0.126 e. The second-order valence-electron chi connectivity index (χ2n) is 5.83. The minimum atomic E-state index is -0.840. The fourth-order valence-electron chi connectivity index (χ4n) is 2.74. The number of aliphatic hydroxyl groups excluding tert-OH is 1. The monoisotopic (exact) mass is 299 g/mol. The highest BCUT2D eigenvalue weighted by Crippen LogP contribution is 2.20. The van der Waals surface area contributed by atoms with Crippen molar-refractivity contribution in [1.29, 1.82) is 0 Å². The smallest absolute Gasteiger partial charge is 0.126 e. The highest BCUT2D eigenvalue weighted by molar-refractivity contribution is 5.20. The lowest BCUT2D eigenvalue weighted by Gasteiger charge is -2.27. The lowest BCUT2D eigenvalue weighted by molar-refractivity contribution is 0.0534. The molecule has 21 heavy (non-hydrogen) atoms. The van der Waals surface area contributed by atoms with Crippen LogP contribution in [0.1, 0.15) is 30.9 Å².